The van der Waals surface area contributed by atoms with Crippen LogP contribution in [0.1, 0.15) is 50.0 Å². The maximum atomic E-state index is 13.7. The monoisotopic (exact) mass is 555 g/mol. The van der Waals surface area contributed by atoms with Crippen molar-refractivity contribution in [2.45, 2.75) is 53.7 Å². The van der Waals surface area contributed by atoms with Crippen LogP contribution in [0.4, 0.5) is 19.1 Å². The summed E-state index contributed by atoms with van der Waals surface area (Å²) in [6.45, 7) is 6.48. The van der Waals surface area contributed by atoms with Crippen LogP contribution in [0.3, 0.4) is 0 Å². The number of halogens is 3. The number of hydrogen-bond donors (Lipinski definition) is 2. The first kappa shape index (κ1) is 28.5. The van der Waals surface area contributed by atoms with Crippen molar-refractivity contribution in [2.75, 3.05) is 5.73 Å². The highest BCUT2D eigenvalue weighted by atomic mass is 19.3. The molecule has 0 radical (unpaired) electrons. The number of ether oxygens (including phenoxy) is 1. The minimum atomic E-state index is -2.83. The number of rotatable bonds is 10. The highest BCUT2D eigenvalue weighted by Gasteiger charge is 2.29. The molecule has 3 N–H and O–H groups in total. The van der Waals surface area contributed by atoms with E-state index < -0.39 is 29.3 Å². The van der Waals surface area contributed by atoms with E-state index in [0.717, 1.165) is 0 Å². The molecule has 40 heavy (non-hydrogen) atoms. The number of carboxylic acids is 1. The minimum absolute atomic E-state index is 0.0138. The van der Waals surface area contributed by atoms with Gasteiger partial charge in [-0.15, -0.1) is 0 Å². The van der Waals surface area contributed by atoms with Gasteiger partial charge in [-0.1, -0.05) is 6.92 Å². The maximum absolute atomic E-state index is 13.7. The summed E-state index contributed by atoms with van der Waals surface area (Å²) >= 11 is 0. The molecule has 4 aromatic rings. The van der Waals surface area contributed by atoms with E-state index in [9.17, 15) is 23.1 Å². The average Bonchev–Trinajstić information content (AvgIpc) is 3.27. The largest absolute Gasteiger partial charge is 0.481 e. The molecule has 0 atom stereocenters. The second kappa shape index (κ2) is 11.3. The van der Waals surface area contributed by atoms with Gasteiger partial charge in [-0.25, -0.2) is 18.2 Å². The minimum Gasteiger partial charge on any atom is -0.481 e. The molecular formula is C27H28F3N7O3. The molecular weight excluding hydrogens is 527 g/mol. The van der Waals surface area contributed by atoms with Crippen molar-refractivity contribution in [1.29, 1.82) is 0 Å². The zero-order valence-corrected chi connectivity index (χ0v) is 22.3. The first-order valence-corrected chi connectivity index (χ1v) is 12.4. The molecule has 0 aliphatic carbocycles. The Morgan fingerprint density at radius 2 is 1.75 bits per heavy atom. The molecule has 0 bridgehead atoms. The number of aliphatic carboxylic acids is 1. The van der Waals surface area contributed by atoms with E-state index in [4.69, 9.17) is 10.5 Å². The number of nitrogen functional groups attached to an aromatic ring is 1. The number of nitrogens with zero attached hydrogens (tertiary/aromatic N) is 6. The van der Waals surface area contributed by atoms with Crippen molar-refractivity contribution in [3.05, 3.63) is 65.0 Å². The van der Waals surface area contributed by atoms with Crippen LogP contribution in [0.15, 0.2) is 36.4 Å². The number of benzene rings is 1. The van der Waals surface area contributed by atoms with Gasteiger partial charge in [0.05, 0.1) is 28.9 Å². The van der Waals surface area contributed by atoms with Crippen molar-refractivity contribution in [2.24, 2.45) is 5.41 Å². The van der Waals surface area contributed by atoms with Crippen molar-refractivity contribution < 1.29 is 27.8 Å². The lowest BCUT2D eigenvalue weighted by atomic mass is 9.94. The Hall–Kier alpha value is -4.55. The highest BCUT2D eigenvalue weighted by molar-refractivity contribution is 5.85. The summed E-state index contributed by atoms with van der Waals surface area (Å²) in [6.07, 6.45) is -2.34. The molecule has 0 saturated heterocycles. The number of carbonyl (C=O) groups is 1. The molecule has 10 nitrogen and oxygen atoms in total. The van der Waals surface area contributed by atoms with E-state index >= 15 is 0 Å². The van der Waals surface area contributed by atoms with Gasteiger partial charge >= 0.3 is 5.97 Å². The normalized spacial score (nSPS) is 11.7. The van der Waals surface area contributed by atoms with Crippen LogP contribution in [-0.4, -0.2) is 41.0 Å². The Morgan fingerprint density at radius 3 is 2.38 bits per heavy atom. The van der Waals surface area contributed by atoms with Crippen molar-refractivity contribution in [1.82, 2.24) is 29.9 Å². The van der Waals surface area contributed by atoms with Crippen LogP contribution in [0.5, 0.6) is 5.88 Å². The fourth-order valence-corrected chi connectivity index (χ4v) is 4.02. The summed E-state index contributed by atoms with van der Waals surface area (Å²) in [7, 11) is 0. The molecule has 0 amide bonds. The van der Waals surface area contributed by atoms with Gasteiger partial charge in [0.25, 0.3) is 6.43 Å². The summed E-state index contributed by atoms with van der Waals surface area (Å²) in [5, 5.41) is 18.3. The van der Waals surface area contributed by atoms with Gasteiger partial charge in [-0.2, -0.15) is 20.0 Å². The molecule has 3 heterocycles. The lowest BCUT2D eigenvalue weighted by molar-refractivity contribution is -0.148. The topological polar surface area (TPSA) is 142 Å². The van der Waals surface area contributed by atoms with E-state index in [-0.39, 0.29) is 36.2 Å². The lowest BCUT2D eigenvalue weighted by Crippen LogP contribution is -2.30. The molecule has 1 aromatic carbocycles. The number of carboxylic acid groups (broad SMARTS) is 1. The summed E-state index contributed by atoms with van der Waals surface area (Å²) in [5.74, 6) is -1.63. The number of nitrogens with two attached hydrogens (primary N) is 1. The van der Waals surface area contributed by atoms with E-state index in [2.05, 4.69) is 25.1 Å². The van der Waals surface area contributed by atoms with Gasteiger partial charge in [0.1, 0.15) is 23.8 Å². The molecule has 210 valence electrons. The SMILES string of the molecule is CCc1nn(CC(C)(C)C(=O)O)nc1COc1nc(N)nc(-c2ccc(F)cc2)c1-c1cc(C)nc(C(F)F)c1. The Bertz CT molecular complexity index is 1540. The fraction of sp³-hybridized carbons (Fsp3) is 0.333. The summed E-state index contributed by atoms with van der Waals surface area (Å²) < 4.78 is 47.1. The second-order valence-electron chi connectivity index (χ2n) is 9.80. The van der Waals surface area contributed by atoms with Gasteiger partial charge in [-0.05, 0) is 69.2 Å². The van der Waals surface area contributed by atoms with E-state index in [1.165, 1.54) is 35.1 Å². The molecule has 0 unspecified atom stereocenters. The quantitative estimate of drug-likeness (QED) is 0.276. The predicted octanol–water partition coefficient (Wildman–Crippen LogP) is 5.02. The summed E-state index contributed by atoms with van der Waals surface area (Å²) in [4.78, 5) is 25.4. The number of hydrogen-bond acceptors (Lipinski definition) is 8. The molecule has 0 aliphatic rings. The zero-order valence-electron chi connectivity index (χ0n) is 22.3. The van der Waals surface area contributed by atoms with Gasteiger partial charge in [0, 0.05) is 11.3 Å². The third-order valence-electron chi connectivity index (χ3n) is 6.10. The predicted molar refractivity (Wildman–Crippen MR) is 140 cm³/mol. The standard InChI is InChI=1S/C27H28F3N7O3/c1-5-18-20(36-37(35-18)13-27(3,4)25(38)39)12-40-24-21(16-10-14(2)32-19(11-16)23(29)30)22(33-26(31)34-24)15-6-8-17(28)9-7-15/h6-11,23H,5,12-13H2,1-4H3,(H,38,39)(H2,31,33,34). The number of pyridine rings is 1. The highest BCUT2D eigenvalue weighted by Crippen LogP contribution is 2.39. The van der Waals surface area contributed by atoms with Crippen molar-refractivity contribution >= 4 is 11.9 Å². The summed E-state index contributed by atoms with van der Waals surface area (Å²) in [6, 6.07) is 8.25. The van der Waals surface area contributed by atoms with Gasteiger partial charge in [0.15, 0.2) is 0 Å². The van der Waals surface area contributed by atoms with Crippen LogP contribution in [0.25, 0.3) is 22.4 Å². The van der Waals surface area contributed by atoms with E-state index in [0.29, 0.717) is 34.6 Å². The number of alkyl halides is 2. The molecule has 3 aromatic heterocycles. The first-order valence-electron chi connectivity index (χ1n) is 12.4. The Morgan fingerprint density at radius 1 is 1.07 bits per heavy atom. The van der Waals surface area contributed by atoms with Gasteiger partial charge < -0.3 is 15.6 Å². The van der Waals surface area contributed by atoms with Crippen LogP contribution >= 0.6 is 0 Å². The van der Waals surface area contributed by atoms with Crippen LogP contribution in [-0.2, 0) is 24.4 Å². The summed E-state index contributed by atoms with van der Waals surface area (Å²) in [5.41, 5.74) is 7.08. The van der Waals surface area contributed by atoms with Crippen LogP contribution < -0.4 is 10.5 Å². The number of anilines is 1. The Kier molecular flexibility index (Phi) is 8.03. The lowest BCUT2D eigenvalue weighted by Gasteiger charge is -2.17. The third-order valence-corrected chi connectivity index (χ3v) is 6.10. The average molecular weight is 556 g/mol. The Labute approximate surface area is 228 Å². The number of aromatic nitrogens is 6. The fourth-order valence-electron chi connectivity index (χ4n) is 4.02. The zero-order chi connectivity index (χ0) is 29.2. The Balaban J connectivity index is 1.81. The van der Waals surface area contributed by atoms with E-state index in [1.54, 1.807) is 26.8 Å². The van der Waals surface area contributed by atoms with Gasteiger partial charge in [-0.3, -0.25) is 9.78 Å². The molecule has 13 heteroatoms. The molecule has 0 fully saturated rings. The maximum Gasteiger partial charge on any atom is 0.311 e. The smallest absolute Gasteiger partial charge is 0.311 e. The van der Waals surface area contributed by atoms with Crippen LogP contribution in [0, 0.1) is 18.2 Å². The third kappa shape index (κ3) is 6.19. The van der Waals surface area contributed by atoms with E-state index in [1.807, 2.05) is 6.92 Å². The molecule has 4 rings (SSSR count). The molecule has 0 saturated carbocycles. The number of aryl methyl sites for hydroxylation is 2. The second-order valence-corrected chi connectivity index (χ2v) is 9.80. The molecule has 0 aliphatic heterocycles. The van der Waals surface area contributed by atoms with Gasteiger partial charge in [0.2, 0.25) is 11.8 Å². The molecule has 0 spiro atoms. The van der Waals surface area contributed by atoms with Crippen molar-refractivity contribution in [3.63, 3.8) is 0 Å². The van der Waals surface area contributed by atoms with Crippen molar-refractivity contribution in [3.8, 4) is 28.3 Å². The first-order chi connectivity index (χ1) is 18.9. The van der Waals surface area contributed by atoms with Crippen LogP contribution in [0.2, 0.25) is 0 Å².